The highest BCUT2D eigenvalue weighted by Crippen LogP contribution is 2.25. The molecule has 1 unspecified atom stereocenters. The summed E-state index contributed by atoms with van der Waals surface area (Å²) in [6, 6.07) is 4.36. The van der Waals surface area contributed by atoms with Crippen LogP contribution in [0.1, 0.15) is 24.2 Å². The summed E-state index contributed by atoms with van der Waals surface area (Å²) in [5.74, 6) is 0. The Morgan fingerprint density at radius 3 is 2.43 bits per heavy atom. The van der Waals surface area contributed by atoms with Crippen LogP contribution in [0, 0.1) is 6.92 Å². The van der Waals surface area contributed by atoms with Crippen molar-refractivity contribution in [3.8, 4) is 0 Å². The van der Waals surface area contributed by atoms with Crippen molar-refractivity contribution in [3.05, 3.63) is 29.3 Å². The predicted molar refractivity (Wildman–Crippen MR) is 53.7 cm³/mol. The minimum atomic E-state index is -3.78. The van der Waals surface area contributed by atoms with Crippen molar-refractivity contribution in [1.82, 2.24) is 0 Å². The number of benzene rings is 1. The van der Waals surface area contributed by atoms with Crippen molar-refractivity contribution < 1.29 is 12.8 Å². The third-order valence-electron chi connectivity index (χ3n) is 1.93. The maximum atomic E-state index is 12.9. The van der Waals surface area contributed by atoms with Gasteiger partial charge in [-0.2, -0.15) is 0 Å². The topological polar surface area (TPSA) is 34.1 Å². The molecule has 5 heteroatoms. The highest BCUT2D eigenvalue weighted by atomic mass is 35.7. The van der Waals surface area contributed by atoms with Gasteiger partial charge in [-0.15, -0.1) is 0 Å². The molecule has 0 spiro atoms. The molecule has 0 aliphatic rings. The van der Waals surface area contributed by atoms with Gasteiger partial charge in [0.25, 0.3) is 9.05 Å². The SMILES string of the molecule is Cc1ccc(C(C)F)cc1S(=O)(=O)Cl. The smallest absolute Gasteiger partial charge is 0.243 e. The zero-order valence-electron chi connectivity index (χ0n) is 7.79. The van der Waals surface area contributed by atoms with Crippen LogP contribution in [0.25, 0.3) is 0 Å². The summed E-state index contributed by atoms with van der Waals surface area (Å²) in [4.78, 5) is -0.0267. The average molecular weight is 237 g/mol. The molecule has 0 bridgehead atoms. The fraction of sp³-hybridized carbons (Fsp3) is 0.333. The lowest BCUT2D eigenvalue weighted by Crippen LogP contribution is -1.97. The molecule has 0 aliphatic carbocycles. The minimum Gasteiger partial charge on any atom is -0.243 e. The normalized spacial score (nSPS) is 14.0. The Morgan fingerprint density at radius 2 is 2.00 bits per heavy atom. The standard InChI is InChI=1S/C9H10ClFO2S/c1-6-3-4-8(7(2)11)5-9(6)14(10,12)13/h3-5,7H,1-2H3. The molecule has 0 saturated carbocycles. The Morgan fingerprint density at radius 1 is 1.43 bits per heavy atom. The molecular formula is C9H10ClFO2S. The van der Waals surface area contributed by atoms with E-state index in [1.165, 1.54) is 13.0 Å². The van der Waals surface area contributed by atoms with Crippen molar-refractivity contribution in [1.29, 1.82) is 0 Å². The molecule has 78 valence electrons. The van der Waals surface area contributed by atoms with Crippen LogP contribution in [-0.4, -0.2) is 8.42 Å². The first-order chi connectivity index (χ1) is 6.32. The minimum absolute atomic E-state index is 0.0267. The van der Waals surface area contributed by atoms with E-state index in [4.69, 9.17) is 10.7 Å². The van der Waals surface area contributed by atoms with Crippen LogP contribution >= 0.6 is 10.7 Å². The van der Waals surface area contributed by atoms with Crippen LogP contribution in [0.15, 0.2) is 23.1 Å². The molecule has 0 amide bonds. The Bertz CT molecular complexity index is 440. The van der Waals surface area contributed by atoms with Crippen LogP contribution in [0.2, 0.25) is 0 Å². The lowest BCUT2D eigenvalue weighted by Gasteiger charge is -2.06. The Hall–Kier alpha value is -0.610. The number of hydrogen-bond acceptors (Lipinski definition) is 2. The molecule has 0 N–H and O–H groups in total. The quantitative estimate of drug-likeness (QED) is 0.740. The van der Waals surface area contributed by atoms with Crippen molar-refractivity contribution in [2.24, 2.45) is 0 Å². The summed E-state index contributed by atoms with van der Waals surface area (Å²) in [5.41, 5.74) is 0.833. The predicted octanol–water partition coefficient (Wildman–Crippen LogP) is 2.95. The van der Waals surface area contributed by atoms with Gasteiger partial charge in [0.15, 0.2) is 0 Å². The number of halogens is 2. The third-order valence-corrected chi connectivity index (χ3v) is 3.40. The number of alkyl halides is 1. The van der Waals surface area contributed by atoms with Crippen molar-refractivity contribution in [2.45, 2.75) is 24.9 Å². The van der Waals surface area contributed by atoms with Crippen LogP contribution in [0.4, 0.5) is 4.39 Å². The van der Waals surface area contributed by atoms with Crippen molar-refractivity contribution >= 4 is 19.7 Å². The van der Waals surface area contributed by atoms with E-state index >= 15 is 0 Å². The van der Waals surface area contributed by atoms with Gasteiger partial charge in [0, 0.05) is 10.7 Å². The highest BCUT2D eigenvalue weighted by molar-refractivity contribution is 8.13. The monoisotopic (exact) mass is 236 g/mol. The van der Waals surface area contributed by atoms with Gasteiger partial charge in [-0.3, -0.25) is 0 Å². The molecule has 1 rings (SSSR count). The van der Waals surface area contributed by atoms with Crippen LogP contribution in [0.5, 0.6) is 0 Å². The summed E-state index contributed by atoms with van der Waals surface area (Å²) < 4.78 is 35.0. The second-order valence-electron chi connectivity index (χ2n) is 3.08. The Labute approximate surface area is 87.1 Å². The molecule has 0 aliphatic heterocycles. The fourth-order valence-electron chi connectivity index (χ4n) is 1.13. The van der Waals surface area contributed by atoms with E-state index in [9.17, 15) is 12.8 Å². The Kier molecular flexibility index (Phi) is 3.17. The molecule has 0 fully saturated rings. The molecule has 1 aromatic rings. The third kappa shape index (κ3) is 2.45. The lowest BCUT2D eigenvalue weighted by atomic mass is 10.1. The average Bonchev–Trinajstić information content (AvgIpc) is 2.02. The van der Waals surface area contributed by atoms with Gasteiger partial charge >= 0.3 is 0 Å². The summed E-state index contributed by atoms with van der Waals surface area (Å²) in [5, 5.41) is 0. The summed E-state index contributed by atoms with van der Waals surface area (Å²) in [6.45, 7) is 2.96. The van der Waals surface area contributed by atoms with Crippen molar-refractivity contribution in [2.75, 3.05) is 0 Å². The highest BCUT2D eigenvalue weighted by Gasteiger charge is 2.15. The van der Waals surface area contributed by atoms with Gasteiger partial charge in [-0.05, 0) is 31.0 Å². The summed E-state index contributed by atoms with van der Waals surface area (Å²) in [6.07, 6.45) is -1.20. The summed E-state index contributed by atoms with van der Waals surface area (Å²) in [7, 11) is 1.41. The van der Waals surface area contributed by atoms with E-state index in [0.717, 1.165) is 0 Å². The van der Waals surface area contributed by atoms with E-state index in [0.29, 0.717) is 11.1 Å². The lowest BCUT2D eigenvalue weighted by molar-refractivity contribution is 0.373. The van der Waals surface area contributed by atoms with Gasteiger partial charge in [0.2, 0.25) is 0 Å². The number of rotatable bonds is 2. The fourth-order valence-corrected chi connectivity index (χ4v) is 2.35. The number of hydrogen-bond donors (Lipinski definition) is 0. The van der Waals surface area contributed by atoms with Crippen LogP contribution < -0.4 is 0 Å². The second-order valence-corrected chi connectivity index (χ2v) is 5.61. The van der Waals surface area contributed by atoms with Gasteiger partial charge in [-0.25, -0.2) is 12.8 Å². The largest absolute Gasteiger partial charge is 0.261 e. The maximum Gasteiger partial charge on any atom is 0.261 e. The first-order valence-electron chi connectivity index (χ1n) is 4.01. The van der Waals surface area contributed by atoms with Gasteiger partial charge in [0.1, 0.15) is 6.17 Å². The van der Waals surface area contributed by atoms with E-state index in [1.807, 2.05) is 0 Å². The summed E-state index contributed by atoms with van der Waals surface area (Å²) >= 11 is 0. The zero-order valence-corrected chi connectivity index (χ0v) is 9.36. The molecular weight excluding hydrogens is 227 g/mol. The molecule has 1 aromatic carbocycles. The van der Waals surface area contributed by atoms with E-state index < -0.39 is 15.2 Å². The maximum absolute atomic E-state index is 12.9. The molecule has 2 nitrogen and oxygen atoms in total. The van der Waals surface area contributed by atoms with E-state index in [-0.39, 0.29) is 4.90 Å². The molecule has 1 atom stereocenters. The van der Waals surface area contributed by atoms with Gasteiger partial charge in [-0.1, -0.05) is 12.1 Å². The molecule has 0 radical (unpaired) electrons. The number of aryl methyl sites for hydroxylation is 1. The zero-order chi connectivity index (χ0) is 10.9. The van der Waals surface area contributed by atoms with Gasteiger partial charge in [0.05, 0.1) is 4.90 Å². The second kappa shape index (κ2) is 3.87. The molecule has 14 heavy (non-hydrogen) atoms. The Balaban J connectivity index is 3.37. The van der Waals surface area contributed by atoms with Crippen molar-refractivity contribution in [3.63, 3.8) is 0 Å². The molecule has 0 saturated heterocycles. The van der Waals surface area contributed by atoms with E-state index in [1.54, 1.807) is 19.1 Å². The first kappa shape index (κ1) is 11.5. The first-order valence-corrected chi connectivity index (χ1v) is 6.32. The van der Waals surface area contributed by atoms with Gasteiger partial charge < -0.3 is 0 Å². The molecule has 0 aromatic heterocycles. The van der Waals surface area contributed by atoms with Crippen LogP contribution in [-0.2, 0) is 9.05 Å². The van der Waals surface area contributed by atoms with Crippen LogP contribution in [0.3, 0.4) is 0 Å². The van der Waals surface area contributed by atoms with E-state index in [2.05, 4.69) is 0 Å². The molecule has 0 heterocycles.